The lowest BCUT2D eigenvalue weighted by molar-refractivity contribution is -0.155. The molecule has 0 aromatic heterocycles. The summed E-state index contributed by atoms with van der Waals surface area (Å²) in [7, 11) is 0. The van der Waals surface area contributed by atoms with Crippen molar-refractivity contribution >= 4 is 17.7 Å². The molecule has 0 aliphatic carbocycles. The number of aliphatic carboxylic acids is 2. The lowest BCUT2D eigenvalue weighted by Crippen LogP contribution is -2.39. The number of rotatable bonds is 7. The number of hydrogen-bond donors (Lipinski definition) is 2. The SMILES string of the molecule is CC(=O)C(C)(CC(Cc1ccccc1)C(=O)O)C(=O)O. The number of carboxylic acid groups (broad SMARTS) is 2. The van der Waals surface area contributed by atoms with E-state index in [1.54, 1.807) is 24.3 Å². The van der Waals surface area contributed by atoms with E-state index in [4.69, 9.17) is 0 Å². The summed E-state index contributed by atoms with van der Waals surface area (Å²) in [5.74, 6) is -3.83. The minimum Gasteiger partial charge on any atom is -0.481 e. The first kappa shape index (κ1) is 15.9. The molecule has 1 aromatic carbocycles. The highest BCUT2D eigenvalue weighted by Gasteiger charge is 2.42. The molecule has 0 aliphatic heterocycles. The van der Waals surface area contributed by atoms with E-state index < -0.39 is 29.1 Å². The van der Waals surface area contributed by atoms with Crippen LogP contribution in [0.25, 0.3) is 0 Å². The van der Waals surface area contributed by atoms with E-state index in [2.05, 4.69) is 0 Å². The van der Waals surface area contributed by atoms with Gasteiger partial charge in [0.1, 0.15) is 11.2 Å². The zero-order valence-electron chi connectivity index (χ0n) is 11.5. The molecule has 1 aromatic rings. The third-order valence-corrected chi connectivity index (χ3v) is 3.58. The molecule has 0 heterocycles. The van der Waals surface area contributed by atoms with Crippen molar-refractivity contribution in [2.75, 3.05) is 0 Å². The first-order valence-corrected chi connectivity index (χ1v) is 6.28. The average Bonchev–Trinajstić information content (AvgIpc) is 2.38. The van der Waals surface area contributed by atoms with Crippen molar-refractivity contribution in [2.24, 2.45) is 11.3 Å². The fourth-order valence-electron chi connectivity index (χ4n) is 2.02. The number of hydrogen-bond acceptors (Lipinski definition) is 3. The third kappa shape index (κ3) is 3.66. The third-order valence-electron chi connectivity index (χ3n) is 3.58. The summed E-state index contributed by atoms with van der Waals surface area (Å²) < 4.78 is 0. The highest BCUT2D eigenvalue weighted by molar-refractivity contribution is 6.01. The van der Waals surface area contributed by atoms with Gasteiger partial charge < -0.3 is 10.2 Å². The minimum atomic E-state index is -1.67. The van der Waals surface area contributed by atoms with Crippen LogP contribution in [0.1, 0.15) is 25.8 Å². The molecule has 0 saturated carbocycles. The second-order valence-corrected chi connectivity index (χ2v) is 5.12. The molecule has 0 radical (unpaired) electrons. The predicted molar refractivity (Wildman–Crippen MR) is 72.3 cm³/mol. The summed E-state index contributed by atoms with van der Waals surface area (Å²) in [4.78, 5) is 34.1. The van der Waals surface area contributed by atoms with Gasteiger partial charge in [-0.15, -0.1) is 0 Å². The van der Waals surface area contributed by atoms with Gasteiger partial charge in [-0.1, -0.05) is 30.3 Å². The molecule has 0 bridgehead atoms. The van der Waals surface area contributed by atoms with Crippen LogP contribution in [-0.4, -0.2) is 27.9 Å². The normalized spacial score (nSPS) is 15.1. The van der Waals surface area contributed by atoms with Crippen LogP contribution in [0.3, 0.4) is 0 Å². The highest BCUT2D eigenvalue weighted by atomic mass is 16.4. The quantitative estimate of drug-likeness (QED) is 0.744. The van der Waals surface area contributed by atoms with Crippen molar-refractivity contribution < 1.29 is 24.6 Å². The average molecular weight is 278 g/mol. The lowest BCUT2D eigenvalue weighted by atomic mass is 9.76. The van der Waals surface area contributed by atoms with Gasteiger partial charge in [0.05, 0.1) is 5.92 Å². The number of carbonyl (C=O) groups is 3. The van der Waals surface area contributed by atoms with Crippen molar-refractivity contribution in [3.63, 3.8) is 0 Å². The van der Waals surface area contributed by atoms with Crippen LogP contribution in [0.15, 0.2) is 30.3 Å². The fraction of sp³-hybridized carbons (Fsp3) is 0.400. The molecule has 2 N–H and O–H groups in total. The maximum Gasteiger partial charge on any atom is 0.316 e. The summed E-state index contributed by atoms with van der Waals surface area (Å²) in [6.07, 6.45) is -0.0196. The summed E-state index contributed by atoms with van der Waals surface area (Å²) in [6.45, 7) is 2.45. The monoisotopic (exact) mass is 278 g/mol. The van der Waals surface area contributed by atoms with Gasteiger partial charge in [-0.3, -0.25) is 14.4 Å². The van der Waals surface area contributed by atoms with Gasteiger partial charge in [-0.25, -0.2) is 0 Å². The van der Waals surface area contributed by atoms with E-state index in [1.165, 1.54) is 13.8 Å². The van der Waals surface area contributed by atoms with E-state index in [0.29, 0.717) is 0 Å². The molecule has 20 heavy (non-hydrogen) atoms. The second kappa shape index (κ2) is 6.32. The van der Waals surface area contributed by atoms with Gasteiger partial charge in [-0.05, 0) is 32.3 Å². The van der Waals surface area contributed by atoms with Gasteiger partial charge in [-0.2, -0.15) is 0 Å². The largest absolute Gasteiger partial charge is 0.481 e. The molecule has 0 saturated heterocycles. The molecule has 2 unspecified atom stereocenters. The minimum absolute atomic E-state index is 0.201. The molecule has 5 heteroatoms. The van der Waals surface area contributed by atoms with Crippen LogP contribution in [0.4, 0.5) is 0 Å². The zero-order chi connectivity index (χ0) is 15.3. The van der Waals surface area contributed by atoms with Crippen LogP contribution in [-0.2, 0) is 20.8 Å². The summed E-state index contributed by atoms with van der Waals surface area (Å²) >= 11 is 0. The maximum absolute atomic E-state index is 11.5. The maximum atomic E-state index is 11.5. The summed E-state index contributed by atoms with van der Waals surface area (Å²) in [5, 5.41) is 18.4. The van der Waals surface area contributed by atoms with Crippen LogP contribution in [0.2, 0.25) is 0 Å². The predicted octanol–water partition coefficient (Wildman–Crippen LogP) is 2.00. The van der Waals surface area contributed by atoms with Crippen LogP contribution in [0.5, 0.6) is 0 Å². The molecular weight excluding hydrogens is 260 g/mol. The van der Waals surface area contributed by atoms with Crippen molar-refractivity contribution in [3.8, 4) is 0 Å². The Balaban J connectivity index is 2.95. The Labute approximate surface area is 117 Å². The molecule has 0 fully saturated rings. The van der Waals surface area contributed by atoms with Crippen LogP contribution < -0.4 is 0 Å². The Morgan fingerprint density at radius 1 is 1.15 bits per heavy atom. The molecule has 108 valence electrons. The molecule has 0 aliphatic rings. The Bertz CT molecular complexity index is 492. The first-order valence-electron chi connectivity index (χ1n) is 6.28. The van der Waals surface area contributed by atoms with Crippen LogP contribution in [0, 0.1) is 11.3 Å². The molecule has 2 atom stereocenters. The van der Waals surface area contributed by atoms with Crippen molar-refractivity contribution in [1.82, 2.24) is 0 Å². The summed E-state index contributed by atoms with van der Waals surface area (Å²) in [5.41, 5.74) is -0.867. The molecular formula is C15H18O5. The summed E-state index contributed by atoms with van der Waals surface area (Å²) in [6, 6.07) is 8.95. The molecule has 0 spiro atoms. The number of ketones is 1. The van der Waals surface area contributed by atoms with Gasteiger partial charge in [0, 0.05) is 0 Å². The highest BCUT2D eigenvalue weighted by Crippen LogP contribution is 2.30. The smallest absolute Gasteiger partial charge is 0.316 e. The van der Waals surface area contributed by atoms with Crippen molar-refractivity contribution in [3.05, 3.63) is 35.9 Å². The fourth-order valence-corrected chi connectivity index (χ4v) is 2.02. The second-order valence-electron chi connectivity index (χ2n) is 5.12. The van der Waals surface area contributed by atoms with E-state index in [9.17, 15) is 24.6 Å². The topological polar surface area (TPSA) is 91.7 Å². The number of Topliss-reactive ketones (excluding diaryl/α,β-unsaturated/α-hetero) is 1. The molecule has 1 rings (SSSR count). The van der Waals surface area contributed by atoms with E-state index in [-0.39, 0.29) is 12.8 Å². The van der Waals surface area contributed by atoms with Gasteiger partial charge in [0.25, 0.3) is 0 Å². The number of carboxylic acids is 2. The van der Waals surface area contributed by atoms with Crippen LogP contribution >= 0.6 is 0 Å². The van der Waals surface area contributed by atoms with Gasteiger partial charge in [0.2, 0.25) is 0 Å². The zero-order valence-corrected chi connectivity index (χ0v) is 11.5. The molecule has 5 nitrogen and oxygen atoms in total. The number of carbonyl (C=O) groups excluding carboxylic acids is 1. The Hall–Kier alpha value is -2.17. The number of benzene rings is 1. The van der Waals surface area contributed by atoms with E-state index >= 15 is 0 Å². The van der Waals surface area contributed by atoms with E-state index in [0.717, 1.165) is 5.56 Å². The Morgan fingerprint density at radius 2 is 1.70 bits per heavy atom. The Morgan fingerprint density at radius 3 is 2.10 bits per heavy atom. The van der Waals surface area contributed by atoms with Crippen molar-refractivity contribution in [1.29, 1.82) is 0 Å². The van der Waals surface area contributed by atoms with E-state index in [1.807, 2.05) is 6.07 Å². The first-order chi connectivity index (χ1) is 9.27. The van der Waals surface area contributed by atoms with Gasteiger partial charge in [0.15, 0.2) is 0 Å². The standard InChI is InChI=1S/C15H18O5/c1-10(16)15(2,14(19)20)9-12(13(17)18)8-11-6-4-3-5-7-11/h3-7,12H,8-9H2,1-2H3,(H,17,18)(H,19,20). The van der Waals surface area contributed by atoms with Crippen molar-refractivity contribution in [2.45, 2.75) is 26.7 Å². The molecule has 0 amide bonds. The van der Waals surface area contributed by atoms with Gasteiger partial charge >= 0.3 is 11.9 Å². The lowest BCUT2D eigenvalue weighted by Gasteiger charge is -2.25. The Kier molecular flexibility index (Phi) is 5.02.